The van der Waals surface area contributed by atoms with E-state index in [1.54, 1.807) is 12.1 Å². The van der Waals surface area contributed by atoms with Crippen LogP contribution in [0.4, 0.5) is 4.39 Å². The van der Waals surface area contributed by atoms with Crippen LogP contribution in [0.25, 0.3) is 0 Å². The van der Waals surface area contributed by atoms with Crippen molar-refractivity contribution < 1.29 is 13.9 Å². The molecule has 0 unspecified atom stereocenters. The average molecular weight is 285 g/mol. The predicted molar refractivity (Wildman–Crippen MR) is 68.3 cm³/mol. The molecular formula is C13H7Cl2FO2. The number of benzene rings is 2. The molecule has 92 valence electrons. The molecule has 0 amide bonds. The summed E-state index contributed by atoms with van der Waals surface area (Å²) in [7, 11) is 0. The third kappa shape index (κ3) is 2.81. The number of ether oxygens (including phenoxy) is 1. The highest BCUT2D eigenvalue weighted by Gasteiger charge is 2.09. The number of carbonyl (C=O) groups excluding carboxylic acids is 1. The minimum absolute atomic E-state index is 0.0234. The maximum Gasteiger partial charge on any atom is 0.166 e. The fourth-order valence-corrected chi connectivity index (χ4v) is 1.67. The first kappa shape index (κ1) is 12.9. The van der Waals surface area contributed by atoms with Gasteiger partial charge >= 0.3 is 0 Å². The maximum atomic E-state index is 13.6. The summed E-state index contributed by atoms with van der Waals surface area (Å²) in [5.74, 6) is -0.415. The Balaban J connectivity index is 2.34. The summed E-state index contributed by atoms with van der Waals surface area (Å²) in [4.78, 5) is 10.5. The van der Waals surface area contributed by atoms with Crippen molar-refractivity contribution in [3.05, 3.63) is 57.8 Å². The minimum atomic E-state index is -0.643. The molecule has 0 aliphatic rings. The van der Waals surface area contributed by atoms with Crippen LogP contribution in [-0.2, 0) is 0 Å². The molecule has 0 aliphatic carbocycles. The molecule has 2 aromatic carbocycles. The summed E-state index contributed by atoms with van der Waals surface area (Å²) in [6, 6.07) is 8.53. The van der Waals surface area contributed by atoms with Gasteiger partial charge < -0.3 is 4.74 Å². The van der Waals surface area contributed by atoms with Gasteiger partial charge in [0.25, 0.3) is 0 Å². The molecule has 0 N–H and O–H groups in total. The van der Waals surface area contributed by atoms with E-state index in [9.17, 15) is 9.18 Å². The third-order valence-corrected chi connectivity index (χ3v) is 2.75. The highest BCUT2D eigenvalue weighted by molar-refractivity contribution is 6.34. The molecule has 2 nitrogen and oxygen atoms in total. The van der Waals surface area contributed by atoms with E-state index in [-0.39, 0.29) is 17.1 Å². The van der Waals surface area contributed by atoms with Crippen molar-refractivity contribution in [3.8, 4) is 11.5 Å². The lowest BCUT2D eigenvalue weighted by molar-refractivity contribution is 0.112. The summed E-state index contributed by atoms with van der Waals surface area (Å²) < 4.78 is 18.9. The predicted octanol–water partition coefficient (Wildman–Crippen LogP) is 4.74. The molecule has 0 saturated carbocycles. The molecule has 0 spiro atoms. The minimum Gasteiger partial charge on any atom is -0.453 e. The lowest BCUT2D eigenvalue weighted by Gasteiger charge is -2.09. The molecular weight excluding hydrogens is 278 g/mol. The van der Waals surface area contributed by atoms with Crippen molar-refractivity contribution in [1.29, 1.82) is 0 Å². The molecule has 2 aromatic rings. The van der Waals surface area contributed by atoms with Gasteiger partial charge in [0, 0.05) is 16.7 Å². The fraction of sp³-hybridized carbons (Fsp3) is 0. The molecule has 0 aliphatic heterocycles. The summed E-state index contributed by atoms with van der Waals surface area (Å²) in [5.41, 5.74) is 0.233. The lowest BCUT2D eigenvalue weighted by atomic mass is 10.2. The Bertz CT molecular complexity index is 600. The van der Waals surface area contributed by atoms with Crippen LogP contribution in [0.3, 0.4) is 0 Å². The molecule has 0 saturated heterocycles. The second kappa shape index (κ2) is 5.38. The van der Waals surface area contributed by atoms with Crippen molar-refractivity contribution in [2.75, 3.05) is 0 Å². The Morgan fingerprint density at radius 3 is 2.50 bits per heavy atom. The highest BCUT2D eigenvalue weighted by Crippen LogP contribution is 2.33. The SMILES string of the molecule is O=Cc1ccc(Oc2cc(Cl)ccc2Cl)c(F)c1. The second-order valence-corrected chi connectivity index (χ2v) is 4.33. The zero-order valence-corrected chi connectivity index (χ0v) is 10.5. The van der Waals surface area contributed by atoms with Gasteiger partial charge in [0.15, 0.2) is 11.6 Å². The van der Waals surface area contributed by atoms with Crippen LogP contribution in [0.15, 0.2) is 36.4 Å². The molecule has 18 heavy (non-hydrogen) atoms. The molecule has 0 heterocycles. The molecule has 0 radical (unpaired) electrons. The van der Waals surface area contributed by atoms with E-state index in [0.29, 0.717) is 16.3 Å². The summed E-state index contributed by atoms with van der Waals surface area (Å²) in [5, 5.41) is 0.748. The van der Waals surface area contributed by atoms with E-state index in [0.717, 1.165) is 6.07 Å². The summed E-state index contributed by atoms with van der Waals surface area (Å²) >= 11 is 11.7. The van der Waals surface area contributed by atoms with Crippen molar-refractivity contribution in [3.63, 3.8) is 0 Å². The van der Waals surface area contributed by atoms with Gasteiger partial charge in [-0.15, -0.1) is 0 Å². The number of aldehydes is 1. The Labute approximate surface area is 113 Å². The number of halogens is 3. The average Bonchev–Trinajstić information content (AvgIpc) is 2.36. The van der Waals surface area contributed by atoms with Gasteiger partial charge in [-0.1, -0.05) is 23.2 Å². The normalized spacial score (nSPS) is 10.2. The summed E-state index contributed by atoms with van der Waals surface area (Å²) in [6.07, 6.45) is 0.555. The van der Waals surface area contributed by atoms with E-state index in [1.165, 1.54) is 18.2 Å². The van der Waals surface area contributed by atoms with Crippen molar-refractivity contribution in [1.82, 2.24) is 0 Å². The number of rotatable bonds is 3. The smallest absolute Gasteiger partial charge is 0.166 e. The first-order valence-corrected chi connectivity index (χ1v) is 5.73. The molecule has 2 rings (SSSR count). The van der Waals surface area contributed by atoms with Gasteiger partial charge in [-0.3, -0.25) is 4.79 Å². The molecule has 0 fully saturated rings. The van der Waals surface area contributed by atoms with Crippen LogP contribution in [0.2, 0.25) is 10.0 Å². The zero-order valence-electron chi connectivity index (χ0n) is 8.99. The van der Waals surface area contributed by atoms with Gasteiger partial charge in [0.1, 0.15) is 12.0 Å². The van der Waals surface area contributed by atoms with E-state index in [2.05, 4.69) is 0 Å². The standard InChI is InChI=1S/C13H7Cl2FO2/c14-9-2-3-10(15)13(6-9)18-12-4-1-8(7-17)5-11(12)16/h1-7H. The van der Waals surface area contributed by atoms with Crippen LogP contribution in [0, 0.1) is 5.82 Å². The zero-order chi connectivity index (χ0) is 13.1. The Morgan fingerprint density at radius 1 is 1.06 bits per heavy atom. The van der Waals surface area contributed by atoms with Gasteiger partial charge in [-0.2, -0.15) is 0 Å². The van der Waals surface area contributed by atoms with E-state index in [1.807, 2.05) is 0 Å². The largest absolute Gasteiger partial charge is 0.453 e. The first-order valence-electron chi connectivity index (χ1n) is 4.98. The van der Waals surface area contributed by atoms with Crippen molar-refractivity contribution in [2.24, 2.45) is 0 Å². The van der Waals surface area contributed by atoms with Crippen LogP contribution in [-0.4, -0.2) is 6.29 Å². The molecule has 0 atom stereocenters. The highest BCUT2D eigenvalue weighted by atomic mass is 35.5. The molecule has 5 heteroatoms. The Hall–Kier alpha value is -1.58. The number of carbonyl (C=O) groups is 1. The Morgan fingerprint density at radius 2 is 1.83 bits per heavy atom. The number of hydrogen-bond acceptors (Lipinski definition) is 2. The second-order valence-electron chi connectivity index (χ2n) is 3.48. The van der Waals surface area contributed by atoms with Gasteiger partial charge in [-0.05, 0) is 30.3 Å². The van der Waals surface area contributed by atoms with Gasteiger partial charge in [-0.25, -0.2) is 4.39 Å². The molecule has 0 aromatic heterocycles. The van der Waals surface area contributed by atoms with E-state index >= 15 is 0 Å². The van der Waals surface area contributed by atoms with Gasteiger partial charge in [0.2, 0.25) is 0 Å². The summed E-state index contributed by atoms with van der Waals surface area (Å²) in [6.45, 7) is 0. The van der Waals surface area contributed by atoms with E-state index < -0.39 is 5.82 Å². The van der Waals surface area contributed by atoms with Crippen molar-refractivity contribution in [2.45, 2.75) is 0 Å². The topological polar surface area (TPSA) is 26.3 Å². The van der Waals surface area contributed by atoms with Crippen LogP contribution >= 0.6 is 23.2 Å². The first-order chi connectivity index (χ1) is 8.60. The number of hydrogen-bond donors (Lipinski definition) is 0. The van der Waals surface area contributed by atoms with E-state index in [4.69, 9.17) is 27.9 Å². The Kier molecular flexibility index (Phi) is 3.84. The van der Waals surface area contributed by atoms with Crippen LogP contribution in [0.5, 0.6) is 11.5 Å². The third-order valence-electron chi connectivity index (χ3n) is 2.21. The lowest BCUT2D eigenvalue weighted by Crippen LogP contribution is -1.91. The van der Waals surface area contributed by atoms with Crippen molar-refractivity contribution >= 4 is 29.5 Å². The van der Waals surface area contributed by atoms with Crippen LogP contribution < -0.4 is 4.74 Å². The van der Waals surface area contributed by atoms with Crippen LogP contribution in [0.1, 0.15) is 10.4 Å². The quantitative estimate of drug-likeness (QED) is 0.761. The monoisotopic (exact) mass is 284 g/mol. The van der Waals surface area contributed by atoms with Gasteiger partial charge in [0.05, 0.1) is 5.02 Å². The maximum absolute atomic E-state index is 13.6. The molecule has 0 bridgehead atoms. The fourth-order valence-electron chi connectivity index (χ4n) is 1.35.